The Labute approximate surface area is 64.6 Å². The Morgan fingerprint density at radius 1 is 1.55 bits per heavy atom. The van der Waals surface area contributed by atoms with Crippen molar-refractivity contribution in [3.05, 3.63) is 0 Å². The van der Waals surface area contributed by atoms with Crippen LogP contribution in [0.5, 0.6) is 0 Å². The molecule has 0 N–H and O–H groups in total. The van der Waals surface area contributed by atoms with E-state index in [0.717, 1.165) is 6.92 Å². The molecule has 68 valence electrons. The van der Waals surface area contributed by atoms with Gasteiger partial charge in [0.1, 0.15) is 11.4 Å². The average molecular weight is 188 g/mol. The summed E-state index contributed by atoms with van der Waals surface area (Å²) < 4.78 is 49.0. The molecule has 1 atom stereocenters. The number of hydrogen-bond acceptors (Lipinski definition) is 3. The summed E-state index contributed by atoms with van der Waals surface area (Å²) in [5.41, 5.74) is -2.15. The van der Waals surface area contributed by atoms with Gasteiger partial charge in [-0.05, 0) is 6.92 Å². The van der Waals surface area contributed by atoms with E-state index >= 15 is 0 Å². The summed E-state index contributed by atoms with van der Waals surface area (Å²) in [6, 6.07) is 0. The van der Waals surface area contributed by atoms with E-state index in [-0.39, 0.29) is 0 Å². The Morgan fingerprint density at radius 2 is 2.00 bits per heavy atom. The van der Waals surface area contributed by atoms with Crippen LogP contribution in [-0.2, 0) is 15.0 Å². The largest absolute Gasteiger partial charge is 0.381 e. The molecule has 0 bridgehead atoms. The minimum atomic E-state index is -4.76. The summed E-state index contributed by atoms with van der Waals surface area (Å²) in [4.78, 5) is 0. The highest BCUT2D eigenvalue weighted by Crippen LogP contribution is 2.14. The predicted molar refractivity (Wildman–Crippen MR) is 36.3 cm³/mol. The molecule has 0 aromatic rings. The first-order valence-electron chi connectivity index (χ1n) is 2.87. The van der Waals surface area contributed by atoms with Gasteiger partial charge in [-0.3, -0.25) is 0 Å². The van der Waals surface area contributed by atoms with Gasteiger partial charge in [0.2, 0.25) is 0 Å². The van der Waals surface area contributed by atoms with Gasteiger partial charge in [-0.25, -0.2) is 4.39 Å². The van der Waals surface area contributed by atoms with E-state index in [2.05, 4.69) is 4.74 Å². The lowest BCUT2D eigenvalue weighted by Crippen LogP contribution is -2.32. The van der Waals surface area contributed by atoms with Gasteiger partial charge in [-0.2, -0.15) is 8.42 Å². The van der Waals surface area contributed by atoms with Crippen LogP contribution in [0, 0.1) is 0 Å². The Kier molecular flexibility index (Phi) is 3.37. The number of methoxy groups -OCH3 is 1. The van der Waals surface area contributed by atoms with Crippen LogP contribution in [-0.4, -0.2) is 33.6 Å². The normalized spacial score (nSPS) is 17.8. The number of alkyl halides is 1. The van der Waals surface area contributed by atoms with Crippen molar-refractivity contribution < 1.29 is 21.4 Å². The molecule has 0 rings (SSSR count). The molecule has 1 unspecified atom stereocenters. The van der Waals surface area contributed by atoms with Crippen molar-refractivity contribution in [3.63, 3.8) is 0 Å². The average Bonchev–Trinajstić information content (AvgIpc) is 1.55. The first-order chi connectivity index (χ1) is 4.77. The highest BCUT2D eigenvalue weighted by molar-refractivity contribution is 7.86. The van der Waals surface area contributed by atoms with E-state index in [1.54, 1.807) is 0 Å². The summed E-state index contributed by atoms with van der Waals surface area (Å²) in [7, 11) is -3.55. The molecule has 0 aliphatic heterocycles. The molecule has 3 nitrogen and oxygen atoms in total. The van der Waals surface area contributed by atoms with Crippen molar-refractivity contribution in [1.82, 2.24) is 0 Å². The molecule has 11 heavy (non-hydrogen) atoms. The molecule has 0 heterocycles. The second kappa shape index (κ2) is 3.44. The Bertz CT molecular complexity index is 210. The maximum Gasteiger partial charge on any atom is 0.305 e. The van der Waals surface area contributed by atoms with E-state index in [1.807, 2.05) is 0 Å². The SMILES string of the molecule is COCC(C)(F)CS(=O)(=O)F. The van der Waals surface area contributed by atoms with Crippen LogP contribution in [0.15, 0.2) is 0 Å². The van der Waals surface area contributed by atoms with Gasteiger partial charge in [0, 0.05) is 7.11 Å². The van der Waals surface area contributed by atoms with Crippen molar-refractivity contribution in [3.8, 4) is 0 Å². The Balaban J connectivity index is 4.13. The zero-order chi connectivity index (χ0) is 9.12. The van der Waals surface area contributed by atoms with Gasteiger partial charge >= 0.3 is 10.2 Å². The number of rotatable bonds is 4. The fourth-order valence-corrected chi connectivity index (χ4v) is 1.50. The molecule has 0 aromatic heterocycles. The molecule has 0 radical (unpaired) electrons. The van der Waals surface area contributed by atoms with Gasteiger partial charge < -0.3 is 4.74 Å². The third kappa shape index (κ3) is 6.18. The van der Waals surface area contributed by atoms with E-state index in [9.17, 15) is 16.7 Å². The topological polar surface area (TPSA) is 43.4 Å². The van der Waals surface area contributed by atoms with Crippen molar-refractivity contribution in [1.29, 1.82) is 0 Å². The molecule has 0 fully saturated rings. The lowest BCUT2D eigenvalue weighted by Gasteiger charge is -2.15. The third-order valence-electron chi connectivity index (χ3n) is 0.919. The number of ether oxygens (including phenoxy) is 1. The molecule has 0 aliphatic rings. The second-order valence-corrected chi connectivity index (χ2v) is 3.90. The first kappa shape index (κ1) is 10.8. The van der Waals surface area contributed by atoms with Gasteiger partial charge in [-0.1, -0.05) is 0 Å². The monoisotopic (exact) mass is 188 g/mol. The summed E-state index contributed by atoms with van der Waals surface area (Å²) >= 11 is 0. The lowest BCUT2D eigenvalue weighted by molar-refractivity contribution is 0.0700. The number of hydrogen-bond donors (Lipinski definition) is 0. The molecule has 0 amide bonds. The molecule has 0 saturated carbocycles. The smallest absolute Gasteiger partial charge is 0.305 e. The highest BCUT2D eigenvalue weighted by atomic mass is 32.3. The van der Waals surface area contributed by atoms with Crippen LogP contribution in [0.4, 0.5) is 8.28 Å². The van der Waals surface area contributed by atoms with Crippen LogP contribution >= 0.6 is 0 Å². The lowest BCUT2D eigenvalue weighted by atomic mass is 10.2. The van der Waals surface area contributed by atoms with Gasteiger partial charge in [0.05, 0.1) is 6.61 Å². The van der Waals surface area contributed by atoms with E-state index < -0.39 is 28.3 Å². The van der Waals surface area contributed by atoms with Crippen LogP contribution in [0.25, 0.3) is 0 Å². The van der Waals surface area contributed by atoms with Crippen LogP contribution < -0.4 is 0 Å². The van der Waals surface area contributed by atoms with E-state index in [4.69, 9.17) is 0 Å². The fourth-order valence-electron chi connectivity index (χ4n) is 0.702. The van der Waals surface area contributed by atoms with Crippen LogP contribution in [0.3, 0.4) is 0 Å². The van der Waals surface area contributed by atoms with E-state index in [0.29, 0.717) is 0 Å². The quantitative estimate of drug-likeness (QED) is 0.609. The summed E-state index contributed by atoms with van der Waals surface area (Å²) in [6.07, 6.45) is 0. The van der Waals surface area contributed by atoms with Gasteiger partial charge in [0.15, 0.2) is 0 Å². The maximum absolute atomic E-state index is 12.8. The summed E-state index contributed by atoms with van der Waals surface area (Å²) in [6.45, 7) is 0.532. The summed E-state index contributed by atoms with van der Waals surface area (Å²) in [5, 5.41) is 0. The highest BCUT2D eigenvalue weighted by Gasteiger charge is 2.30. The minimum Gasteiger partial charge on any atom is -0.381 e. The van der Waals surface area contributed by atoms with Crippen molar-refractivity contribution in [2.45, 2.75) is 12.6 Å². The van der Waals surface area contributed by atoms with Crippen LogP contribution in [0.2, 0.25) is 0 Å². The van der Waals surface area contributed by atoms with Crippen molar-refractivity contribution >= 4 is 10.2 Å². The van der Waals surface area contributed by atoms with Crippen LogP contribution in [0.1, 0.15) is 6.92 Å². The second-order valence-electron chi connectivity index (χ2n) is 2.53. The molecular formula is C5H10F2O3S. The summed E-state index contributed by atoms with van der Waals surface area (Å²) in [5.74, 6) is -1.16. The Hall–Kier alpha value is -0.230. The standard InChI is InChI=1S/C5H10F2O3S/c1-5(6,3-10-2)4-11(7,8)9/h3-4H2,1-2H3. The zero-order valence-corrected chi connectivity index (χ0v) is 7.12. The molecule has 0 aliphatic carbocycles. The predicted octanol–water partition coefficient (Wildman–Crippen LogP) is 0.660. The van der Waals surface area contributed by atoms with Gasteiger partial charge in [-0.15, -0.1) is 3.89 Å². The number of halogens is 2. The van der Waals surface area contributed by atoms with Crippen molar-refractivity contribution in [2.75, 3.05) is 19.5 Å². The molecule has 0 spiro atoms. The molecule has 0 saturated heterocycles. The Morgan fingerprint density at radius 3 is 2.27 bits per heavy atom. The van der Waals surface area contributed by atoms with E-state index in [1.165, 1.54) is 7.11 Å². The third-order valence-corrected chi connectivity index (χ3v) is 1.87. The molecule has 0 aromatic carbocycles. The first-order valence-corrected chi connectivity index (χ1v) is 4.42. The molecular weight excluding hydrogens is 178 g/mol. The van der Waals surface area contributed by atoms with Crippen molar-refractivity contribution in [2.24, 2.45) is 0 Å². The van der Waals surface area contributed by atoms with Gasteiger partial charge in [0.25, 0.3) is 0 Å². The maximum atomic E-state index is 12.8. The zero-order valence-electron chi connectivity index (χ0n) is 6.30. The fraction of sp³-hybridized carbons (Fsp3) is 1.00. The minimum absolute atomic E-state index is 0.434. The molecule has 6 heteroatoms.